The number of fused-ring (bicyclic) bond motifs is 1. The number of hydrogen-bond donors (Lipinski definition) is 0. The van der Waals surface area contributed by atoms with Gasteiger partial charge in [0.25, 0.3) is 0 Å². The van der Waals surface area contributed by atoms with Crippen molar-refractivity contribution in [1.82, 2.24) is 4.90 Å². The van der Waals surface area contributed by atoms with Crippen molar-refractivity contribution in [2.24, 2.45) is 11.8 Å². The van der Waals surface area contributed by atoms with Gasteiger partial charge in [0.05, 0.1) is 5.92 Å². The molecule has 6 nitrogen and oxygen atoms in total. The first-order chi connectivity index (χ1) is 13.0. The summed E-state index contributed by atoms with van der Waals surface area (Å²) < 4.78 is 10.7. The van der Waals surface area contributed by atoms with Crippen molar-refractivity contribution in [3.05, 3.63) is 45.8 Å². The highest BCUT2D eigenvalue weighted by molar-refractivity contribution is 5.82. The number of nitrogens with zero attached hydrogens (tertiary/aromatic N) is 1. The topological polar surface area (TPSA) is 76.8 Å². The number of esters is 1. The van der Waals surface area contributed by atoms with E-state index in [4.69, 9.17) is 9.15 Å². The summed E-state index contributed by atoms with van der Waals surface area (Å²) >= 11 is 0. The van der Waals surface area contributed by atoms with Gasteiger partial charge in [0.2, 0.25) is 5.91 Å². The van der Waals surface area contributed by atoms with Crippen LogP contribution in [-0.2, 0) is 20.9 Å². The van der Waals surface area contributed by atoms with Crippen LogP contribution in [0.15, 0.2) is 33.5 Å². The number of benzene rings is 1. The number of likely N-dealkylation sites (tertiary alicyclic amines) is 1. The SMILES string of the molecule is Cc1ccc2c(COC(=O)C3CCN(C(=O)C4CC4)CC3)cc(=O)oc2c1. The molecular weight excluding hydrogens is 346 g/mol. The van der Waals surface area contributed by atoms with E-state index in [1.54, 1.807) is 6.07 Å². The molecule has 0 bridgehead atoms. The third kappa shape index (κ3) is 3.89. The molecule has 2 fully saturated rings. The Kier molecular flexibility index (Phi) is 4.72. The number of rotatable bonds is 4. The molecule has 1 aromatic heterocycles. The van der Waals surface area contributed by atoms with Gasteiger partial charge in [-0.15, -0.1) is 0 Å². The molecule has 142 valence electrons. The second kappa shape index (κ2) is 7.18. The summed E-state index contributed by atoms with van der Waals surface area (Å²) in [7, 11) is 0. The maximum Gasteiger partial charge on any atom is 0.336 e. The molecule has 0 spiro atoms. The molecule has 0 unspecified atom stereocenters. The summed E-state index contributed by atoms with van der Waals surface area (Å²) in [5.74, 6) is -0.00120. The van der Waals surface area contributed by atoms with Crippen LogP contribution in [0.3, 0.4) is 0 Å². The van der Waals surface area contributed by atoms with Crippen LogP contribution in [0.1, 0.15) is 36.8 Å². The van der Waals surface area contributed by atoms with E-state index < -0.39 is 5.63 Å². The highest BCUT2D eigenvalue weighted by Crippen LogP contribution is 2.32. The zero-order valence-electron chi connectivity index (χ0n) is 15.4. The molecule has 1 aromatic carbocycles. The summed E-state index contributed by atoms with van der Waals surface area (Å²) in [6, 6.07) is 6.98. The second-order valence-electron chi connectivity index (χ2n) is 7.57. The molecule has 6 heteroatoms. The second-order valence-corrected chi connectivity index (χ2v) is 7.57. The lowest BCUT2D eigenvalue weighted by molar-refractivity contribution is -0.153. The molecule has 0 atom stereocenters. The molecule has 2 aromatic rings. The van der Waals surface area contributed by atoms with E-state index in [0.717, 1.165) is 23.8 Å². The van der Waals surface area contributed by atoms with E-state index in [2.05, 4.69) is 0 Å². The van der Waals surface area contributed by atoms with Gasteiger partial charge in [-0.05, 0) is 44.2 Å². The third-order valence-electron chi connectivity index (χ3n) is 5.42. The van der Waals surface area contributed by atoms with Crippen LogP contribution in [0.5, 0.6) is 0 Å². The average molecular weight is 369 g/mol. The summed E-state index contributed by atoms with van der Waals surface area (Å²) in [4.78, 5) is 38.2. The normalized spacial score (nSPS) is 17.9. The fourth-order valence-corrected chi connectivity index (χ4v) is 3.65. The molecule has 1 aliphatic heterocycles. The number of piperidine rings is 1. The lowest BCUT2D eigenvalue weighted by Crippen LogP contribution is -2.41. The first-order valence-electron chi connectivity index (χ1n) is 9.50. The molecule has 4 rings (SSSR count). The quantitative estimate of drug-likeness (QED) is 0.612. The fraction of sp³-hybridized carbons (Fsp3) is 0.476. The summed E-state index contributed by atoms with van der Waals surface area (Å²) in [6.45, 7) is 3.20. The summed E-state index contributed by atoms with van der Waals surface area (Å²) in [5, 5.41) is 0.776. The first-order valence-corrected chi connectivity index (χ1v) is 9.50. The minimum Gasteiger partial charge on any atom is -0.461 e. The Balaban J connectivity index is 1.38. The van der Waals surface area contributed by atoms with Crippen LogP contribution < -0.4 is 5.63 Å². The largest absolute Gasteiger partial charge is 0.461 e. The fourth-order valence-electron chi connectivity index (χ4n) is 3.65. The molecule has 27 heavy (non-hydrogen) atoms. The minimum atomic E-state index is -0.453. The van der Waals surface area contributed by atoms with Crippen LogP contribution in [0.4, 0.5) is 0 Å². The van der Waals surface area contributed by atoms with E-state index in [0.29, 0.717) is 37.1 Å². The molecule has 1 amide bonds. The van der Waals surface area contributed by atoms with Crippen molar-refractivity contribution in [3.63, 3.8) is 0 Å². The minimum absolute atomic E-state index is 0.0468. The van der Waals surface area contributed by atoms with Gasteiger partial charge in [-0.25, -0.2) is 4.79 Å². The average Bonchev–Trinajstić information content (AvgIpc) is 3.50. The smallest absolute Gasteiger partial charge is 0.336 e. The zero-order valence-corrected chi connectivity index (χ0v) is 15.4. The third-order valence-corrected chi connectivity index (χ3v) is 5.42. The number of aryl methyl sites for hydroxylation is 1. The van der Waals surface area contributed by atoms with Crippen molar-refractivity contribution in [2.75, 3.05) is 13.1 Å². The standard InChI is InChI=1S/C21H23NO5/c1-13-2-5-17-16(11-19(23)27-18(17)10-13)12-26-21(25)15-6-8-22(9-7-15)20(24)14-3-4-14/h2,5,10-11,14-15H,3-4,6-9,12H2,1H3. The molecule has 1 saturated heterocycles. The number of amides is 1. The van der Waals surface area contributed by atoms with Crippen molar-refractivity contribution in [2.45, 2.75) is 39.2 Å². The van der Waals surface area contributed by atoms with Gasteiger partial charge >= 0.3 is 11.6 Å². The van der Waals surface area contributed by atoms with Crippen LogP contribution in [0.25, 0.3) is 11.0 Å². The Morgan fingerprint density at radius 3 is 2.56 bits per heavy atom. The lowest BCUT2D eigenvalue weighted by Gasteiger charge is -2.31. The van der Waals surface area contributed by atoms with Gasteiger partial charge in [0.1, 0.15) is 12.2 Å². The van der Waals surface area contributed by atoms with Crippen LogP contribution in [-0.4, -0.2) is 29.9 Å². The van der Waals surface area contributed by atoms with Crippen molar-refractivity contribution < 1.29 is 18.7 Å². The predicted molar refractivity (Wildman–Crippen MR) is 99.0 cm³/mol. The van der Waals surface area contributed by atoms with Crippen molar-refractivity contribution in [1.29, 1.82) is 0 Å². The molecule has 1 saturated carbocycles. The number of hydrogen-bond acceptors (Lipinski definition) is 5. The van der Waals surface area contributed by atoms with Gasteiger partial charge in [-0.1, -0.05) is 12.1 Å². The van der Waals surface area contributed by atoms with E-state index in [1.807, 2.05) is 24.0 Å². The lowest BCUT2D eigenvalue weighted by atomic mass is 9.96. The molecule has 0 N–H and O–H groups in total. The summed E-state index contributed by atoms with van der Waals surface area (Å²) in [5.41, 5.74) is 1.69. The van der Waals surface area contributed by atoms with E-state index >= 15 is 0 Å². The zero-order chi connectivity index (χ0) is 19.0. The van der Waals surface area contributed by atoms with E-state index in [1.165, 1.54) is 6.07 Å². The number of carbonyl (C=O) groups is 2. The first kappa shape index (κ1) is 17.8. The van der Waals surface area contributed by atoms with Crippen molar-refractivity contribution >= 4 is 22.8 Å². The Morgan fingerprint density at radius 2 is 1.85 bits per heavy atom. The Bertz CT molecular complexity index is 935. The van der Waals surface area contributed by atoms with Gasteiger partial charge < -0.3 is 14.1 Å². The van der Waals surface area contributed by atoms with Gasteiger partial charge in [0, 0.05) is 36.0 Å². The monoisotopic (exact) mass is 369 g/mol. The number of ether oxygens (including phenoxy) is 1. The predicted octanol–water partition coefficient (Wildman–Crippen LogP) is 2.79. The maximum atomic E-state index is 12.4. The Labute approximate surface area is 157 Å². The maximum absolute atomic E-state index is 12.4. The van der Waals surface area contributed by atoms with E-state index in [-0.39, 0.29) is 30.3 Å². The highest BCUT2D eigenvalue weighted by Gasteiger charge is 2.36. The van der Waals surface area contributed by atoms with Gasteiger partial charge in [0.15, 0.2) is 0 Å². The van der Waals surface area contributed by atoms with Crippen LogP contribution in [0, 0.1) is 18.8 Å². The molecule has 2 aliphatic rings. The van der Waals surface area contributed by atoms with E-state index in [9.17, 15) is 14.4 Å². The highest BCUT2D eigenvalue weighted by atomic mass is 16.5. The summed E-state index contributed by atoms with van der Waals surface area (Å²) in [6.07, 6.45) is 3.26. The van der Waals surface area contributed by atoms with Crippen LogP contribution in [0.2, 0.25) is 0 Å². The molecular formula is C21H23NO5. The Hall–Kier alpha value is -2.63. The van der Waals surface area contributed by atoms with Crippen molar-refractivity contribution in [3.8, 4) is 0 Å². The molecule has 2 heterocycles. The van der Waals surface area contributed by atoms with Crippen LogP contribution >= 0.6 is 0 Å². The molecule has 0 radical (unpaired) electrons. The number of carbonyl (C=O) groups excluding carboxylic acids is 2. The van der Waals surface area contributed by atoms with Gasteiger partial charge in [-0.3, -0.25) is 9.59 Å². The van der Waals surface area contributed by atoms with Gasteiger partial charge in [-0.2, -0.15) is 0 Å². The Morgan fingerprint density at radius 1 is 1.11 bits per heavy atom. The molecule has 1 aliphatic carbocycles.